The summed E-state index contributed by atoms with van der Waals surface area (Å²) in [5.41, 5.74) is 9.47. The fraction of sp³-hybridized carbons (Fsp3) is 0.406. The number of nitrogens with zero attached hydrogens (tertiary/aromatic N) is 2. The van der Waals surface area contributed by atoms with Crippen molar-refractivity contribution in [3.05, 3.63) is 94.1 Å². The van der Waals surface area contributed by atoms with Crippen LogP contribution >= 0.6 is 11.6 Å². The van der Waals surface area contributed by atoms with Crippen molar-refractivity contribution >= 4 is 28.7 Å². The third-order valence-electron chi connectivity index (χ3n) is 8.71. The van der Waals surface area contributed by atoms with Crippen LogP contribution in [0.1, 0.15) is 64.5 Å². The minimum Gasteiger partial charge on any atom is -0.370 e. The maximum absolute atomic E-state index is 7.04. The molecule has 0 N–H and O–H groups in total. The molecule has 0 saturated heterocycles. The summed E-state index contributed by atoms with van der Waals surface area (Å²) in [5.74, 6) is 0. The van der Waals surface area contributed by atoms with Gasteiger partial charge in [0, 0.05) is 46.9 Å². The summed E-state index contributed by atoms with van der Waals surface area (Å²) in [4.78, 5) is 2.46. The van der Waals surface area contributed by atoms with Gasteiger partial charge in [-0.15, -0.1) is 0 Å². The summed E-state index contributed by atoms with van der Waals surface area (Å²) >= 11 is 7.04. The van der Waals surface area contributed by atoms with Crippen molar-refractivity contribution < 1.29 is 4.58 Å². The van der Waals surface area contributed by atoms with Crippen LogP contribution in [-0.2, 0) is 10.8 Å². The Balaban J connectivity index is 1.39. The van der Waals surface area contributed by atoms with Crippen LogP contribution in [0, 0.1) is 0 Å². The summed E-state index contributed by atoms with van der Waals surface area (Å²) in [6.07, 6.45) is 11.2. The highest BCUT2D eigenvalue weighted by Gasteiger charge is 2.43. The van der Waals surface area contributed by atoms with E-state index in [4.69, 9.17) is 11.6 Å². The first-order valence-corrected chi connectivity index (χ1v) is 13.3. The van der Waals surface area contributed by atoms with Crippen LogP contribution in [0.2, 0.25) is 0 Å². The zero-order valence-corrected chi connectivity index (χ0v) is 22.8. The van der Waals surface area contributed by atoms with E-state index in [2.05, 4.69) is 118 Å². The van der Waals surface area contributed by atoms with Crippen molar-refractivity contribution in [3.63, 3.8) is 0 Å². The fourth-order valence-electron chi connectivity index (χ4n) is 6.59. The molecular formula is C32H38ClN2+. The molecule has 0 fully saturated rings. The molecule has 2 aliphatic heterocycles. The van der Waals surface area contributed by atoms with Gasteiger partial charge in [0.1, 0.15) is 7.05 Å². The maximum atomic E-state index is 7.04. The molecular weight excluding hydrogens is 448 g/mol. The quantitative estimate of drug-likeness (QED) is 0.397. The van der Waals surface area contributed by atoms with Crippen molar-refractivity contribution in [2.24, 2.45) is 0 Å². The van der Waals surface area contributed by atoms with Crippen molar-refractivity contribution in [1.29, 1.82) is 0 Å². The summed E-state index contributed by atoms with van der Waals surface area (Å²) in [7, 11) is 4.41. The normalized spacial score (nSPS) is 24.0. The van der Waals surface area contributed by atoms with Crippen LogP contribution in [0.15, 0.2) is 82.9 Å². The van der Waals surface area contributed by atoms with Gasteiger partial charge >= 0.3 is 0 Å². The summed E-state index contributed by atoms with van der Waals surface area (Å²) in [6.45, 7) is 9.38. The molecule has 35 heavy (non-hydrogen) atoms. The van der Waals surface area contributed by atoms with Gasteiger partial charge in [0.05, 0.1) is 5.41 Å². The second-order valence-electron chi connectivity index (χ2n) is 11.4. The van der Waals surface area contributed by atoms with Crippen LogP contribution in [-0.4, -0.2) is 30.4 Å². The third-order valence-corrected chi connectivity index (χ3v) is 9.19. The number of fused-ring (bicyclic) bond motifs is 2. The number of halogens is 1. The molecule has 1 unspecified atom stereocenters. The summed E-state index contributed by atoms with van der Waals surface area (Å²) in [5, 5.41) is 0.958. The number of hydrogen-bond donors (Lipinski definition) is 0. The van der Waals surface area contributed by atoms with Gasteiger partial charge in [-0.25, -0.2) is 0 Å². The second kappa shape index (κ2) is 8.82. The van der Waals surface area contributed by atoms with E-state index in [0.717, 1.165) is 30.7 Å². The molecule has 0 bridgehead atoms. The van der Waals surface area contributed by atoms with Crippen molar-refractivity contribution in [1.82, 2.24) is 0 Å². The Morgan fingerprint density at radius 1 is 0.971 bits per heavy atom. The number of likely N-dealkylation sites (N-methyl/N-ethyl adjacent to an activating group) is 1. The number of para-hydroxylation sites is 2. The molecule has 1 atom stereocenters. The lowest BCUT2D eigenvalue weighted by atomic mass is 9.78. The van der Waals surface area contributed by atoms with E-state index in [1.807, 2.05) is 0 Å². The van der Waals surface area contributed by atoms with E-state index in [1.165, 1.54) is 39.4 Å². The molecule has 2 aromatic rings. The van der Waals surface area contributed by atoms with Crippen LogP contribution in [0.5, 0.6) is 0 Å². The Bertz CT molecular complexity index is 1290. The zero-order valence-electron chi connectivity index (χ0n) is 22.0. The molecule has 0 amide bonds. The van der Waals surface area contributed by atoms with Crippen LogP contribution < -0.4 is 4.90 Å². The SMILES string of the molecule is CN1c2ccccc2C(C)(C)C1CC=C1CCCC(C=CC2=[N+](C)c3ccccc3C2(C)C)=C1Cl. The molecule has 5 rings (SSSR count). The minimum atomic E-state index is -0.0180. The first-order chi connectivity index (χ1) is 16.6. The molecule has 182 valence electrons. The van der Waals surface area contributed by atoms with E-state index < -0.39 is 0 Å². The van der Waals surface area contributed by atoms with Crippen molar-refractivity contribution in [3.8, 4) is 0 Å². The average molecular weight is 486 g/mol. The number of anilines is 1. The lowest BCUT2D eigenvalue weighted by molar-refractivity contribution is -0.401. The number of benzene rings is 2. The predicted octanol–water partition coefficient (Wildman–Crippen LogP) is 8.04. The van der Waals surface area contributed by atoms with Gasteiger partial charge in [-0.2, -0.15) is 4.58 Å². The van der Waals surface area contributed by atoms with Crippen LogP contribution in [0.3, 0.4) is 0 Å². The van der Waals surface area contributed by atoms with E-state index in [9.17, 15) is 0 Å². The highest BCUT2D eigenvalue weighted by atomic mass is 35.5. The van der Waals surface area contributed by atoms with E-state index in [0.29, 0.717) is 6.04 Å². The molecule has 3 heteroatoms. The van der Waals surface area contributed by atoms with Crippen LogP contribution in [0.4, 0.5) is 11.4 Å². The predicted molar refractivity (Wildman–Crippen MR) is 151 cm³/mol. The highest BCUT2D eigenvalue weighted by molar-refractivity contribution is 6.32. The molecule has 2 heterocycles. The van der Waals surface area contributed by atoms with Gasteiger partial charge in [-0.3, -0.25) is 0 Å². The maximum Gasteiger partial charge on any atom is 0.209 e. The lowest BCUT2D eigenvalue weighted by Crippen LogP contribution is -2.38. The first kappa shape index (κ1) is 24.1. The Hall–Kier alpha value is -2.58. The van der Waals surface area contributed by atoms with Crippen molar-refractivity contribution in [2.45, 2.75) is 70.3 Å². The lowest BCUT2D eigenvalue weighted by Gasteiger charge is -2.32. The molecule has 0 aromatic heterocycles. The Labute approximate surface area is 216 Å². The van der Waals surface area contributed by atoms with Gasteiger partial charge in [-0.1, -0.05) is 74.0 Å². The fourth-order valence-corrected chi connectivity index (χ4v) is 6.92. The standard InChI is InChI=1S/C32H38ClN2/c1-31(2)24-14-7-9-16-26(24)34(5)28(31)20-18-22-12-11-13-23(30(22)33)19-21-29-32(3,4)25-15-8-10-17-27(25)35(29)6/h7-10,14-20,29H,11-13,21H2,1-6H3/q+1. The highest BCUT2D eigenvalue weighted by Crippen LogP contribution is 2.46. The molecule has 0 radical (unpaired) electrons. The largest absolute Gasteiger partial charge is 0.370 e. The van der Waals surface area contributed by atoms with Gasteiger partial charge in [0.2, 0.25) is 5.69 Å². The number of hydrogen-bond acceptors (Lipinski definition) is 1. The minimum absolute atomic E-state index is 0.0180. The summed E-state index contributed by atoms with van der Waals surface area (Å²) < 4.78 is 2.33. The molecule has 2 aromatic carbocycles. The topological polar surface area (TPSA) is 6.25 Å². The third kappa shape index (κ3) is 3.91. The second-order valence-corrected chi connectivity index (χ2v) is 11.8. The van der Waals surface area contributed by atoms with Crippen molar-refractivity contribution in [2.75, 3.05) is 19.0 Å². The molecule has 3 aliphatic rings. The van der Waals surface area contributed by atoms with Crippen LogP contribution in [0.25, 0.3) is 0 Å². The first-order valence-electron chi connectivity index (χ1n) is 12.9. The number of rotatable bonds is 4. The van der Waals surface area contributed by atoms with E-state index in [-0.39, 0.29) is 10.8 Å². The van der Waals surface area contributed by atoms with Gasteiger partial charge in [-0.05, 0) is 62.3 Å². The monoisotopic (exact) mass is 485 g/mol. The molecule has 0 saturated carbocycles. The Morgan fingerprint density at radius 2 is 1.66 bits per heavy atom. The summed E-state index contributed by atoms with van der Waals surface area (Å²) in [6, 6.07) is 18.0. The zero-order chi connectivity index (χ0) is 25.0. The Morgan fingerprint density at radius 3 is 2.37 bits per heavy atom. The van der Waals surface area contributed by atoms with E-state index in [1.54, 1.807) is 0 Å². The molecule has 1 aliphatic carbocycles. The smallest absolute Gasteiger partial charge is 0.209 e. The molecule has 0 spiro atoms. The number of allylic oxidation sites excluding steroid dienone is 5. The Kier molecular flexibility index (Phi) is 6.08. The van der Waals surface area contributed by atoms with Gasteiger partial charge < -0.3 is 4.90 Å². The average Bonchev–Trinajstić information content (AvgIpc) is 3.16. The van der Waals surface area contributed by atoms with Gasteiger partial charge in [0.25, 0.3) is 0 Å². The molecule has 2 nitrogen and oxygen atoms in total. The van der Waals surface area contributed by atoms with Gasteiger partial charge in [0.15, 0.2) is 5.71 Å². The van der Waals surface area contributed by atoms with E-state index >= 15 is 0 Å².